The largest absolute Gasteiger partial charge is 0.492 e. The maximum absolute atomic E-state index is 13.6. The van der Waals surface area contributed by atoms with E-state index in [1.54, 1.807) is 6.07 Å². The van der Waals surface area contributed by atoms with E-state index in [2.05, 4.69) is 9.98 Å². The number of anilines is 1. The van der Waals surface area contributed by atoms with E-state index in [4.69, 9.17) is 16.2 Å². The minimum atomic E-state index is -0.558. The first kappa shape index (κ1) is 15.6. The highest BCUT2D eigenvalue weighted by atomic mass is 19.1. The Kier molecular flexibility index (Phi) is 4.11. The van der Waals surface area contributed by atoms with Gasteiger partial charge in [0.25, 0.3) is 0 Å². The maximum atomic E-state index is 13.6. The third-order valence-electron chi connectivity index (χ3n) is 4.31. The number of hydrogen-bond donors (Lipinski definition) is 2. The topological polar surface area (TPSA) is 89.2 Å². The second kappa shape index (κ2) is 6.06. The SMILES string of the molecule is CCOc1cc(F)ccc1N1C(N)=NC(N)=NC12CCCCC2. The number of halogens is 1. The molecule has 23 heavy (non-hydrogen) atoms. The zero-order valence-electron chi connectivity index (χ0n) is 13.3. The van der Waals surface area contributed by atoms with Gasteiger partial charge in [0.05, 0.1) is 12.3 Å². The van der Waals surface area contributed by atoms with Crippen LogP contribution in [0, 0.1) is 5.82 Å². The van der Waals surface area contributed by atoms with Crippen LogP contribution in [-0.4, -0.2) is 24.2 Å². The molecule has 0 aromatic heterocycles. The van der Waals surface area contributed by atoms with Gasteiger partial charge in [0.15, 0.2) is 0 Å². The quantitative estimate of drug-likeness (QED) is 0.895. The summed E-state index contributed by atoms with van der Waals surface area (Å²) in [4.78, 5) is 10.6. The number of hydrogen-bond acceptors (Lipinski definition) is 6. The van der Waals surface area contributed by atoms with Crippen LogP contribution in [0.25, 0.3) is 0 Å². The van der Waals surface area contributed by atoms with E-state index in [1.165, 1.54) is 12.1 Å². The van der Waals surface area contributed by atoms with Crippen molar-refractivity contribution >= 4 is 17.6 Å². The molecule has 0 unspecified atom stereocenters. The Labute approximate surface area is 135 Å². The highest BCUT2D eigenvalue weighted by Crippen LogP contribution is 2.42. The Morgan fingerprint density at radius 3 is 2.70 bits per heavy atom. The van der Waals surface area contributed by atoms with E-state index in [9.17, 15) is 4.39 Å². The lowest BCUT2D eigenvalue weighted by Crippen LogP contribution is -2.58. The predicted molar refractivity (Wildman–Crippen MR) is 89.1 cm³/mol. The van der Waals surface area contributed by atoms with E-state index < -0.39 is 5.66 Å². The molecule has 1 spiro atoms. The summed E-state index contributed by atoms with van der Waals surface area (Å²) in [5.41, 5.74) is 12.1. The standard InChI is InChI=1S/C16H22FN5O/c1-2-23-13-10-11(17)6-7-12(13)22-15(19)20-14(18)21-16(22)8-4-3-5-9-16/h6-7,10H,2-5,8-9H2,1H3,(H4,18,19,20,21). The molecule has 1 saturated carbocycles. The first-order chi connectivity index (χ1) is 11.1. The van der Waals surface area contributed by atoms with Crippen LogP contribution in [0.15, 0.2) is 28.2 Å². The van der Waals surface area contributed by atoms with Crippen LogP contribution in [0.3, 0.4) is 0 Å². The molecule has 7 heteroatoms. The summed E-state index contributed by atoms with van der Waals surface area (Å²) in [5.74, 6) is 0.546. The van der Waals surface area contributed by atoms with Crippen LogP contribution in [0.2, 0.25) is 0 Å². The number of rotatable bonds is 3. The summed E-state index contributed by atoms with van der Waals surface area (Å²) < 4.78 is 19.2. The van der Waals surface area contributed by atoms with Crippen molar-refractivity contribution in [3.63, 3.8) is 0 Å². The molecule has 1 aromatic rings. The lowest BCUT2D eigenvalue weighted by atomic mass is 9.87. The Hall–Kier alpha value is -2.31. The Balaban J connectivity index is 2.10. The molecule has 3 rings (SSSR count). The van der Waals surface area contributed by atoms with Gasteiger partial charge in [0.1, 0.15) is 17.2 Å². The lowest BCUT2D eigenvalue weighted by Gasteiger charge is -2.45. The molecule has 4 N–H and O–H groups in total. The van der Waals surface area contributed by atoms with Gasteiger partial charge in [0, 0.05) is 6.07 Å². The average molecular weight is 319 g/mol. The minimum absolute atomic E-state index is 0.195. The van der Waals surface area contributed by atoms with Crippen LogP contribution in [0.5, 0.6) is 5.75 Å². The van der Waals surface area contributed by atoms with Crippen LogP contribution < -0.4 is 21.1 Å². The zero-order chi connectivity index (χ0) is 16.4. The summed E-state index contributed by atoms with van der Waals surface area (Å²) in [6.45, 7) is 2.29. The first-order valence-electron chi connectivity index (χ1n) is 7.98. The van der Waals surface area contributed by atoms with Crippen molar-refractivity contribution in [2.24, 2.45) is 21.5 Å². The molecule has 0 bridgehead atoms. The second-order valence-electron chi connectivity index (χ2n) is 5.86. The molecule has 6 nitrogen and oxygen atoms in total. The highest BCUT2D eigenvalue weighted by molar-refractivity contribution is 6.06. The molecule has 2 aliphatic rings. The molecule has 124 valence electrons. The molecule has 0 saturated heterocycles. The molecular weight excluding hydrogens is 297 g/mol. The Bertz CT molecular complexity index is 652. The third kappa shape index (κ3) is 2.83. The second-order valence-corrected chi connectivity index (χ2v) is 5.86. The number of benzene rings is 1. The van der Waals surface area contributed by atoms with Gasteiger partial charge < -0.3 is 16.2 Å². The minimum Gasteiger partial charge on any atom is -0.492 e. The summed E-state index contributed by atoms with van der Waals surface area (Å²) in [7, 11) is 0. The fraction of sp³-hybridized carbons (Fsp3) is 0.500. The van der Waals surface area contributed by atoms with Crippen molar-refractivity contribution in [1.29, 1.82) is 0 Å². The lowest BCUT2D eigenvalue weighted by molar-refractivity contribution is 0.298. The molecule has 1 aromatic carbocycles. The van der Waals surface area contributed by atoms with E-state index >= 15 is 0 Å². The average Bonchev–Trinajstić information content (AvgIpc) is 2.49. The van der Waals surface area contributed by atoms with Crippen LogP contribution in [0.1, 0.15) is 39.0 Å². The van der Waals surface area contributed by atoms with Crippen molar-refractivity contribution in [3.8, 4) is 5.75 Å². The van der Waals surface area contributed by atoms with Gasteiger partial charge in [-0.25, -0.2) is 9.38 Å². The number of guanidine groups is 2. The van der Waals surface area contributed by atoms with Gasteiger partial charge in [0.2, 0.25) is 11.9 Å². The Morgan fingerprint density at radius 1 is 1.26 bits per heavy atom. The van der Waals surface area contributed by atoms with E-state index in [1.807, 2.05) is 11.8 Å². The summed E-state index contributed by atoms with van der Waals surface area (Å²) in [5, 5.41) is 0. The number of nitrogens with two attached hydrogens (primary N) is 2. The molecular formula is C16H22FN5O. The van der Waals surface area contributed by atoms with Crippen molar-refractivity contribution in [2.45, 2.75) is 44.7 Å². The molecule has 1 aliphatic carbocycles. The fourth-order valence-electron chi connectivity index (χ4n) is 3.41. The summed E-state index contributed by atoms with van der Waals surface area (Å²) in [6.07, 6.45) is 4.88. The number of ether oxygens (including phenoxy) is 1. The smallest absolute Gasteiger partial charge is 0.220 e. The van der Waals surface area contributed by atoms with Gasteiger partial charge in [-0.05, 0) is 44.7 Å². The maximum Gasteiger partial charge on any atom is 0.220 e. The van der Waals surface area contributed by atoms with Crippen LogP contribution in [-0.2, 0) is 0 Å². The molecule has 1 fully saturated rings. The van der Waals surface area contributed by atoms with E-state index in [0.717, 1.165) is 32.1 Å². The number of nitrogens with zero attached hydrogens (tertiary/aromatic N) is 3. The predicted octanol–water partition coefficient (Wildman–Crippen LogP) is 2.33. The van der Waals surface area contributed by atoms with Gasteiger partial charge in [-0.15, -0.1) is 0 Å². The van der Waals surface area contributed by atoms with Crippen LogP contribution >= 0.6 is 0 Å². The molecule has 0 amide bonds. The van der Waals surface area contributed by atoms with Gasteiger partial charge in [-0.1, -0.05) is 6.42 Å². The molecule has 1 aliphatic heterocycles. The van der Waals surface area contributed by atoms with E-state index in [0.29, 0.717) is 18.0 Å². The zero-order valence-corrected chi connectivity index (χ0v) is 13.3. The van der Waals surface area contributed by atoms with Gasteiger partial charge >= 0.3 is 0 Å². The van der Waals surface area contributed by atoms with Crippen molar-refractivity contribution in [1.82, 2.24) is 0 Å². The van der Waals surface area contributed by atoms with Crippen molar-refractivity contribution in [2.75, 3.05) is 11.5 Å². The van der Waals surface area contributed by atoms with Crippen molar-refractivity contribution < 1.29 is 9.13 Å². The van der Waals surface area contributed by atoms with Gasteiger partial charge in [-0.2, -0.15) is 4.99 Å². The van der Waals surface area contributed by atoms with Gasteiger partial charge in [-0.3, -0.25) is 4.90 Å². The number of aliphatic imine (C=N–C) groups is 2. The van der Waals surface area contributed by atoms with Crippen LogP contribution in [0.4, 0.5) is 10.1 Å². The third-order valence-corrected chi connectivity index (χ3v) is 4.31. The Morgan fingerprint density at radius 2 is 2.00 bits per heavy atom. The summed E-state index contributed by atoms with van der Waals surface area (Å²) >= 11 is 0. The molecule has 0 atom stereocenters. The van der Waals surface area contributed by atoms with E-state index in [-0.39, 0.29) is 17.7 Å². The molecule has 0 radical (unpaired) electrons. The summed E-state index contributed by atoms with van der Waals surface area (Å²) in [6, 6.07) is 4.42. The normalized spacial score (nSPS) is 20.2. The fourth-order valence-corrected chi connectivity index (χ4v) is 3.41. The highest BCUT2D eigenvalue weighted by Gasteiger charge is 2.43. The first-order valence-corrected chi connectivity index (χ1v) is 7.98. The monoisotopic (exact) mass is 319 g/mol. The molecule has 1 heterocycles. The van der Waals surface area contributed by atoms with Crippen molar-refractivity contribution in [3.05, 3.63) is 24.0 Å².